The van der Waals surface area contributed by atoms with Crippen molar-refractivity contribution in [3.63, 3.8) is 0 Å². The molecule has 14 nitrogen and oxygen atoms in total. The molecule has 0 radical (unpaired) electrons. The first-order valence-electron chi connectivity index (χ1n) is 24.2. The lowest BCUT2D eigenvalue weighted by molar-refractivity contribution is -0.210. The summed E-state index contributed by atoms with van der Waals surface area (Å²) in [7, 11) is -4.09. The average molecular weight is 1020 g/mol. The highest BCUT2D eigenvalue weighted by atomic mass is 32.2. The molecule has 6 rings (SSSR count). The minimum atomic E-state index is -4.48. The lowest BCUT2D eigenvalue weighted by Gasteiger charge is -2.46. The van der Waals surface area contributed by atoms with Crippen molar-refractivity contribution in [2.24, 2.45) is 0 Å². The van der Waals surface area contributed by atoms with Gasteiger partial charge in [-0.3, -0.25) is 13.5 Å². The number of hydrogen-bond acceptors (Lipinski definition) is 12. The van der Waals surface area contributed by atoms with Crippen LogP contribution in [0.25, 0.3) is 0 Å². The number of aryl methyl sites for hydroxylation is 2. The van der Waals surface area contributed by atoms with Crippen LogP contribution >= 0.6 is 0 Å². The third-order valence-corrected chi connectivity index (χ3v) is 20.7. The number of aromatic nitrogens is 2. The monoisotopic (exact) mass is 1020 g/mol. The molecule has 0 bridgehead atoms. The van der Waals surface area contributed by atoms with E-state index in [1.165, 1.54) is 25.3 Å². The minimum absolute atomic E-state index is 0.0968. The van der Waals surface area contributed by atoms with Gasteiger partial charge < -0.3 is 33.2 Å². The lowest BCUT2D eigenvalue weighted by Crippen LogP contribution is -2.56. The molecule has 16 heteroatoms. The Balaban J connectivity index is 1.56. The summed E-state index contributed by atoms with van der Waals surface area (Å²) >= 11 is 0. The van der Waals surface area contributed by atoms with E-state index < -0.39 is 73.7 Å². The van der Waals surface area contributed by atoms with E-state index in [1.54, 1.807) is 26.4 Å². The molecule has 2 atom stereocenters. The van der Waals surface area contributed by atoms with Crippen LogP contribution in [-0.2, 0) is 51.9 Å². The zero-order chi connectivity index (χ0) is 52.3. The maximum Gasteiger partial charge on any atom is 0.335 e. The second kappa shape index (κ2) is 24.4. The maximum absolute atomic E-state index is 14.8. The Morgan fingerprint density at radius 2 is 1.18 bits per heavy atom. The second-order valence-electron chi connectivity index (χ2n) is 19.1. The topological polar surface area (TPSA) is 163 Å². The van der Waals surface area contributed by atoms with Gasteiger partial charge in [0.05, 0.1) is 45.5 Å². The molecule has 1 unspecified atom stereocenters. The fourth-order valence-electron chi connectivity index (χ4n) is 9.60. The summed E-state index contributed by atoms with van der Waals surface area (Å²) < 4.78 is 74.8. The van der Waals surface area contributed by atoms with Crippen molar-refractivity contribution in [2.45, 2.75) is 108 Å². The van der Waals surface area contributed by atoms with Gasteiger partial charge in [-0.15, -0.1) is 0 Å². The predicted octanol–water partition coefficient (Wildman–Crippen LogP) is 9.67. The first-order valence-corrected chi connectivity index (χ1v) is 27.7. The molecule has 0 aliphatic rings. The molecule has 0 aliphatic heterocycles. The Kier molecular flexibility index (Phi) is 18.8. The molecule has 0 amide bonds. The normalized spacial score (nSPS) is 13.6. The van der Waals surface area contributed by atoms with Crippen molar-refractivity contribution in [3.8, 4) is 11.5 Å². The van der Waals surface area contributed by atoms with Gasteiger partial charge in [-0.2, -0.15) is 8.42 Å². The van der Waals surface area contributed by atoms with Crippen LogP contribution in [0.2, 0.25) is 16.6 Å². The fraction of sp³-hybridized carbons (Fsp3) is 0.393. The molecule has 0 spiro atoms. The molecule has 0 saturated carbocycles. The Morgan fingerprint density at radius 3 is 1.68 bits per heavy atom. The highest BCUT2D eigenvalue weighted by molar-refractivity contribution is 7.86. The maximum atomic E-state index is 14.8. The molecule has 0 saturated heterocycles. The Hall–Kier alpha value is -5.69. The van der Waals surface area contributed by atoms with Gasteiger partial charge in [0.1, 0.15) is 36.0 Å². The summed E-state index contributed by atoms with van der Waals surface area (Å²) in [5, 5.41) is 12.1. The lowest BCUT2D eigenvalue weighted by atomic mass is 9.79. The van der Waals surface area contributed by atoms with Crippen molar-refractivity contribution in [2.75, 3.05) is 40.6 Å². The van der Waals surface area contributed by atoms with Gasteiger partial charge in [-0.05, 0) is 89.1 Å². The zero-order valence-corrected chi connectivity index (χ0v) is 44.9. The van der Waals surface area contributed by atoms with E-state index in [4.69, 9.17) is 32.3 Å². The van der Waals surface area contributed by atoms with Gasteiger partial charge in [0, 0.05) is 11.8 Å². The standard InChI is InChI=1S/C56H70N2O12SSi/c1-40(2)72(41(3)4,42(5)6)69-38-55(36-59,37-67-56(46-19-15-12-16-20-46,47-23-27-49(64-9)28-24-47)48-25-29-50(65-10)30-26-48)70-52(35-68-71(62,63)51-31-21-43(7)22-32-51)57-33-44(8)53(60)58(54(57)61)39-66-34-45-17-13-11-14-18-45/h11-33,40-42,52,59H,34-39H2,1-10H3/t52?,55-/m0/s1. The van der Waals surface area contributed by atoms with Crippen LogP contribution in [0.15, 0.2) is 154 Å². The van der Waals surface area contributed by atoms with Gasteiger partial charge in [0.2, 0.25) is 0 Å². The first kappa shape index (κ1) is 55.6. The largest absolute Gasteiger partial charge is 0.497 e. The SMILES string of the molecule is COc1ccc(C(OC[C@@](CO)(CO[Si](C(C)C)(C(C)C)C(C)C)OC(COS(=O)(=O)c2ccc(C)cc2)n2cc(C)c(=O)n(COCc3ccccc3)c2=O)(c2ccccc2)c2ccc(OC)cc2)cc1. The third-order valence-electron chi connectivity index (χ3n) is 13.4. The number of rotatable bonds is 26. The summed E-state index contributed by atoms with van der Waals surface area (Å²) in [4.78, 5) is 28.5. The van der Waals surface area contributed by atoms with Gasteiger partial charge in [-0.1, -0.05) is 144 Å². The van der Waals surface area contributed by atoms with Crippen LogP contribution in [-0.4, -0.2) is 77.2 Å². The molecule has 1 N–H and O–H groups in total. The molecule has 5 aromatic carbocycles. The number of aliphatic hydroxyl groups is 1. The highest BCUT2D eigenvalue weighted by Gasteiger charge is 2.49. The summed E-state index contributed by atoms with van der Waals surface area (Å²) in [5.74, 6) is 1.23. The predicted molar refractivity (Wildman–Crippen MR) is 280 cm³/mol. The number of hydrogen-bond donors (Lipinski definition) is 1. The highest BCUT2D eigenvalue weighted by Crippen LogP contribution is 2.45. The number of nitrogens with zero attached hydrogens (tertiary/aromatic N) is 2. The first-order chi connectivity index (χ1) is 34.4. The van der Waals surface area contributed by atoms with E-state index in [0.29, 0.717) is 22.6 Å². The number of ether oxygens (including phenoxy) is 5. The Morgan fingerprint density at radius 1 is 0.667 bits per heavy atom. The zero-order valence-electron chi connectivity index (χ0n) is 43.1. The van der Waals surface area contributed by atoms with E-state index >= 15 is 0 Å². The van der Waals surface area contributed by atoms with Crippen molar-refractivity contribution >= 4 is 18.4 Å². The molecular formula is C56H70N2O12SSi. The number of benzene rings is 5. The van der Waals surface area contributed by atoms with Crippen LogP contribution in [0.3, 0.4) is 0 Å². The number of aliphatic hydroxyl groups excluding tert-OH is 1. The quantitative estimate of drug-likeness (QED) is 0.0312. The van der Waals surface area contributed by atoms with Crippen molar-refractivity contribution < 1.29 is 45.8 Å². The molecular weight excluding hydrogens is 953 g/mol. The number of methoxy groups -OCH3 is 2. The van der Waals surface area contributed by atoms with Gasteiger partial charge in [-0.25, -0.2) is 9.36 Å². The van der Waals surface area contributed by atoms with Crippen molar-refractivity contribution in [1.82, 2.24) is 9.13 Å². The van der Waals surface area contributed by atoms with Crippen molar-refractivity contribution in [1.29, 1.82) is 0 Å². The van der Waals surface area contributed by atoms with Crippen LogP contribution in [0.5, 0.6) is 11.5 Å². The van der Waals surface area contributed by atoms with E-state index in [1.807, 2.05) is 116 Å². The molecule has 386 valence electrons. The van der Waals surface area contributed by atoms with Gasteiger partial charge in [0.25, 0.3) is 15.7 Å². The van der Waals surface area contributed by atoms with Crippen LogP contribution in [0, 0.1) is 13.8 Å². The Bertz CT molecular complexity index is 2820. The summed E-state index contributed by atoms with van der Waals surface area (Å²) in [5.41, 5.74) is -0.584. The van der Waals surface area contributed by atoms with Crippen LogP contribution in [0.1, 0.15) is 81.2 Å². The minimum Gasteiger partial charge on any atom is -0.497 e. The van der Waals surface area contributed by atoms with Crippen molar-refractivity contribution in [3.05, 3.63) is 194 Å². The van der Waals surface area contributed by atoms with E-state index in [2.05, 4.69) is 41.5 Å². The summed E-state index contributed by atoms with van der Waals surface area (Å²) in [6, 6.07) is 40.0. The summed E-state index contributed by atoms with van der Waals surface area (Å²) in [6.07, 6.45) is -0.328. The summed E-state index contributed by atoms with van der Waals surface area (Å²) in [6.45, 7) is 13.7. The van der Waals surface area contributed by atoms with Gasteiger partial charge >= 0.3 is 5.69 Å². The van der Waals surface area contributed by atoms with Crippen LogP contribution < -0.4 is 20.7 Å². The molecule has 0 fully saturated rings. The molecule has 6 aromatic rings. The molecule has 0 aliphatic carbocycles. The van der Waals surface area contributed by atoms with E-state index in [-0.39, 0.29) is 40.3 Å². The molecule has 1 heterocycles. The smallest absolute Gasteiger partial charge is 0.335 e. The second-order valence-corrected chi connectivity index (χ2v) is 26.1. The van der Waals surface area contributed by atoms with E-state index in [0.717, 1.165) is 25.8 Å². The third kappa shape index (κ3) is 12.4. The van der Waals surface area contributed by atoms with Crippen LogP contribution in [0.4, 0.5) is 0 Å². The molecule has 72 heavy (non-hydrogen) atoms. The molecule has 1 aromatic heterocycles. The average Bonchev–Trinajstić information content (AvgIpc) is 3.38. The van der Waals surface area contributed by atoms with Gasteiger partial charge in [0.15, 0.2) is 14.5 Å². The van der Waals surface area contributed by atoms with E-state index in [9.17, 15) is 23.1 Å². The Labute approximate surface area is 425 Å². The fourth-order valence-corrected chi connectivity index (χ4v) is 16.0.